The van der Waals surface area contributed by atoms with Gasteiger partial charge in [0, 0.05) is 30.7 Å². The average molecular weight is 358 g/mol. The minimum Gasteiger partial charge on any atom is -0.399 e. The molecule has 1 heterocycles. The van der Waals surface area contributed by atoms with Gasteiger partial charge in [-0.2, -0.15) is 0 Å². The zero-order valence-corrected chi connectivity index (χ0v) is 14.2. The Hall–Kier alpha value is -3.07. The predicted molar refractivity (Wildman–Crippen MR) is 96.1 cm³/mol. The standard InChI is InChI=1S/C16H14N4O4S/c1-18-11-7-13(20(23)24)14(25-10-5-3-9(17)4-6-10)8-12(11)19(2)16(22)15(18)21/h3-8H,17H2,1-2H3. The number of benzene rings is 2. The lowest BCUT2D eigenvalue weighted by molar-refractivity contribution is -0.387. The third-order valence-electron chi connectivity index (χ3n) is 3.88. The maximum Gasteiger partial charge on any atom is 0.316 e. The average Bonchev–Trinajstić information content (AvgIpc) is 2.59. The molecule has 0 unspecified atom stereocenters. The Morgan fingerprint density at radius 1 is 1.00 bits per heavy atom. The number of nitrogens with two attached hydrogens (primary N) is 1. The summed E-state index contributed by atoms with van der Waals surface area (Å²) in [6.45, 7) is 0. The number of rotatable bonds is 3. The zero-order chi connectivity index (χ0) is 18.3. The van der Waals surface area contributed by atoms with Crippen LogP contribution in [-0.2, 0) is 14.1 Å². The fourth-order valence-electron chi connectivity index (χ4n) is 2.48. The van der Waals surface area contributed by atoms with Crippen LogP contribution in [0, 0.1) is 10.1 Å². The molecule has 0 aliphatic rings. The van der Waals surface area contributed by atoms with Crippen molar-refractivity contribution >= 4 is 34.2 Å². The quantitative estimate of drug-likeness (QED) is 0.331. The number of nitro groups is 1. The van der Waals surface area contributed by atoms with E-state index in [0.29, 0.717) is 21.6 Å². The molecule has 0 amide bonds. The van der Waals surface area contributed by atoms with Gasteiger partial charge in [-0.15, -0.1) is 0 Å². The van der Waals surface area contributed by atoms with E-state index in [2.05, 4.69) is 0 Å². The van der Waals surface area contributed by atoms with Gasteiger partial charge in [0.15, 0.2) is 0 Å². The molecule has 9 heteroatoms. The Morgan fingerprint density at radius 2 is 1.52 bits per heavy atom. The summed E-state index contributed by atoms with van der Waals surface area (Å²) in [4.78, 5) is 36.0. The lowest BCUT2D eigenvalue weighted by atomic mass is 10.2. The largest absolute Gasteiger partial charge is 0.399 e. The van der Waals surface area contributed by atoms with Gasteiger partial charge in [0.05, 0.1) is 20.9 Å². The lowest BCUT2D eigenvalue weighted by Gasteiger charge is -2.11. The molecule has 128 valence electrons. The zero-order valence-electron chi connectivity index (χ0n) is 13.4. The first-order valence-corrected chi connectivity index (χ1v) is 8.03. The molecule has 0 saturated heterocycles. The van der Waals surface area contributed by atoms with Crippen molar-refractivity contribution < 1.29 is 4.92 Å². The number of aromatic nitrogens is 2. The van der Waals surface area contributed by atoms with Crippen molar-refractivity contribution in [2.24, 2.45) is 14.1 Å². The maximum atomic E-state index is 12.0. The first-order chi connectivity index (χ1) is 11.8. The highest BCUT2D eigenvalue weighted by atomic mass is 32.2. The van der Waals surface area contributed by atoms with Crippen LogP contribution in [0.15, 0.2) is 55.8 Å². The van der Waals surface area contributed by atoms with E-state index in [1.807, 2.05) is 0 Å². The summed E-state index contributed by atoms with van der Waals surface area (Å²) < 4.78 is 2.33. The van der Waals surface area contributed by atoms with Crippen molar-refractivity contribution in [1.82, 2.24) is 9.13 Å². The monoisotopic (exact) mass is 358 g/mol. The third kappa shape index (κ3) is 2.89. The van der Waals surface area contributed by atoms with E-state index in [-0.39, 0.29) is 5.69 Å². The molecular formula is C16H14N4O4S. The molecule has 8 nitrogen and oxygen atoms in total. The van der Waals surface area contributed by atoms with Crippen molar-refractivity contribution in [3.05, 3.63) is 67.2 Å². The van der Waals surface area contributed by atoms with Crippen LogP contribution in [0.3, 0.4) is 0 Å². The Kier molecular flexibility index (Phi) is 4.09. The smallest absolute Gasteiger partial charge is 0.316 e. The van der Waals surface area contributed by atoms with E-state index in [1.165, 1.54) is 36.5 Å². The molecule has 0 radical (unpaired) electrons. The fraction of sp³-hybridized carbons (Fsp3) is 0.125. The van der Waals surface area contributed by atoms with Crippen molar-refractivity contribution in [1.29, 1.82) is 0 Å². The number of nitro benzene ring substituents is 1. The molecular weight excluding hydrogens is 344 g/mol. The number of nitrogen functional groups attached to an aromatic ring is 1. The fourth-order valence-corrected chi connectivity index (χ4v) is 3.41. The topological polar surface area (TPSA) is 113 Å². The molecule has 0 spiro atoms. The van der Waals surface area contributed by atoms with Crippen LogP contribution in [0.5, 0.6) is 0 Å². The van der Waals surface area contributed by atoms with Crippen molar-refractivity contribution in [3.8, 4) is 0 Å². The van der Waals surface area contributed by atoms with E-state index in [1.54, 1.807) is 30.3 Å². The van der Waals surface area contributed by atoms with Gasteiger partial charge < -0.3 is 14.9 Å². The maximum absolute atomic E-state index is 12.0. The van der Waals surface area contributed by atoms with Crippen LogP contribution in [0.2, 0.25) is 0 Å². The Morgan fingerprint density at radius 3 is 2.04 bits per heavy atom. The number of hydrogen-bond acceptors (Lipinski definition) is 6. The number of fused-ring (bicyclic) bond motifs is 1. The van der Waals surface area contributed by atoms with Gasteiger partial charge in [0.2, 0.25) is 0 Å². The second-order valence-corrected chi connectivity index (χ2v) is 6.58. The summed E-state index contributed by atoms with van der Waals surface area (Å²) in [6.07, 6.45) is 0. The molecule has 3 rings (SSSR count). The lowest BCUT2D eigenvalue weighted by Crippen LogP contribution is -2.39. The molecule has 2 N–H and O–H groups in total. The highest BCUT2D eigenvalue weighted by Crippen LogP contribution is 2.37. The Balaban J connectivity index is 2.28. The van der Waals surface area contributed by atoms with Gasteiger partial charge in [0.25, 0.3) is 5.69 Å². The Labute approximate surface area is 145 Å². The number of hydrogen-bond donors (Lipinski definition) is 1. The van der Waals surface area contributed by atoms with Gasteiger partial charge >= 0.3 is 11.1 Å². The molecule has 0 fully saturated rings. The summed E-state index contributed by atoms with van der Waals surface area (Å²) in [5.41, 5.74) is 5.45. The van der Waals surface area contributed by atoms with Gasteiger partial charge in [-0.3, -0.25) is 19.7 Å². The van der Waals surface area contributed by atoms with Gasteiger partial charge in [-0.1, -0.05) is 11.8 Å². The van der Waals surface area contributed by atoms with Crippen molar-refractivity contribution in [2.75, 3.05) is 5.73 Å². The summed E-state index contributed by atoms with van der Waals surface area (Å²) in [5, 5.41) is 11.5. The van der Waals surface area contributed by atoms with Crippen LogP contribution in [0.1, 0.15) is 0 Å². The van der Waals surface area contributed by atoms with Gasteiger partial charge in [-0.05, 0) is 30.3 Å². The summed E-state index contributed by atoms with van der Waals surface area (Å²) in [6, 6.07) is 9.79. The second kappa shape index (κ2) is 6.10. The van der Waals surface area contributed by atoms with E-state index >= 15 is 0 Å². The van der Waals surface area contributed by atoms with Gasteiger partial charge in [0.1, 0.15) is 0 Å². The van der Waals surface area contributed by atoms with Gasteiger partial charge in [-0.25, -0.2) is 0 Å². The molecule has 0 aliphatic carbocycles. The van der Waals surface area contributed by atoms with E-state index in [9.17, 15) is 19.7 Å². The molecule has 0 atom stereocenters. The molecule has 25 heavy (non-hydrogen) atoms. The van der Waals surface area contributed by atoms with Crippen LogP contribution in [-0.4, -0.2) is 14.1 Å². The third-order valence-corrected chi connectivity index (χ3v) is 4.93. The molecule has 0 saturated carbocycles. The molecule has 3 aromatic rings. The van der Waals surface area contributed by atoms with Crippen LogP contribution >= 0.6 is 11.8 Å². The highest BCUT2D eigenvalue weighted by molar-refractivity contribution is 7.99. The summed E-state index contributed by atoms with van der Waals surface area (Å²) >= 11 is 1.19. The summed E-state index contributed by atoms with van der Waals surface area (Å²) in [7, 11) is 2.89. The second-order valence-electron chi connectivity index (χ2n) is 5.47. The Bertz CT molecular complexity index is 1120. The minimum absolute atomic E-state index is 0.136. The predicted octanol–water partition coefficient (Wildman–Crippen LogP) is 1.88. The highest BCUT2D eigenvalue weighted by Gasteiger charge is 2.20. The molecule has 2 aromatic carbocycles. The first-order valence-electron chi connectivity index (χ1n) is 7.21. The van der Waals surface area contributed by atoms with Crippen molar-refractivity contribution in [2.45, 2.75) is 9.79 Å². The van der Waals surface area contributed by atoms with Crippen LogP contribution in [0.25, 0.3) is 11.0 Å². The minimum atomic E-state index is -0.733. The first kappa shape index (κ1) is 16.8. The SMILES string of the molecule is Cn1c(=O)c(=O)n(C)c2cc([N+](=O)[O-])c(Sc3ccc(N)cc3)cc21. The molecule has 1 aromatic heterocycles. The number of nitrogens with zero attached hydrogens (tertiary/aromatic N) is 3. The van der Waals surface area contributed by atoms with Crippen LogP contribution in [0.4, 0.5) is 11.4 Å². The van der Waals surface area contributed by atoms with E-state index in [4.69, 9.17) is 5.73 Å². The normalized spacial score (nSPS) is 11.0. The number of anilines is 1. The summed E-state index contributed by atoms with van der Waals surface area (Å²) in [5.74, 6) is 0. The molecule has 0 aliphatic heterocycles. The van der Waals surface area contributed by atoms with Crippen molar-refractivity contribution in [3.63, 3.8) is 0 Å². The van der Waals surface area contributed by atoms with Crippen LogP contribution < -0.4 is 16.9 Å². The molecule has 0 bridgehead atoms. The van der Waals surface area contributed by atoms with E-state index < -0.39 is 16.0 Å². The van der Waals surface area contributed by atoms with E-state index in [0.717, 1.165) is 9.46 Å². The number of aryl methyl sites for hydroxylation is 2.